The number of hydrogen-bond donors (Lipinski definition) is 0. The first kappa shape index (κ1) is 43.6. The Morgan fingerprint density at radius 2 is 0.400 bits per heavy atom. The minimum Gasteiger partial charge on any atom is -0.310 e. The molecule has 10 aromatic carbocycles. The first-order valence-electron chi connectivity index (χ1n) is 25.1. The molecule has 0 radical (unpaired) electrons. The lowest BCUT2D eigenvalue weighted by molar-refractivity contribution is 0.719. The van der Waals surface area contributed by atoms with E-state index >= 15 is 0 Å². The molecule has 0 N–H and O–H groups in total. The first-order valence-corrected chi connectivity index (χ1v) is 25.1. The average molecular weight is 961 g/mol. The largest absolute Gasteiger partial charge is 0.310 e. The molecule has 14 rings (SSSR count). The van der Waals surface area contributed by atoms with E-state index < -0.39 is 5.41 Å². The molecule has 75 heavy (non-hydrogen) atoms. The van der Waals surface area contributed by atoms with Crippen LogP contribution in [0.15, 0.2) is 267 Å². The molecule has 1 spiro atoms. The van der Waals surface area contributed by atoms with Gasteiger partial charge in [-0.2, -0.15) is 0 Å². The molecule has 352 valence electrons. The predicted octanol–water partition coefficient (Wildman–Crippen LogP) is 16.0. The highest BCUT2D eigenvalue weighted by Crippen LogP contribution is 2.64. The van der Waals surface area contributed by atoms with Gasteiger partial charge < -0.3 is 9.80 Å². The van der Waals surface area contributed by atoms with E-state index in [0.29, 0.717) is 34.9 Å². The zero-order valence-corrected chi connectivity index (χ0v) is 40.5. The number of aromatic nitrogens is 6. The van der Waals surface area contributed by atoms with E-state index in [0.717, 1.165) is 67.5 Å². The summed E-state index contributed by atoms with van der Waals surface area (Å²) in [6.45, 7) is 0. The highest BCUT2D eigenvalue weighted by Gasteiger charge is 2.51. The van der Waals surface area contributed by atoms with Gasteiger partial charge in [0, 0.05) is 44.8 Å². The van der Waals surface area contributed by atoms with Crippen molar-refractivity contribution in [2.24, 2.45) is 0 Å². The van der Waals surface area contributed by atoms with Gasteiger partial charge in [0.1, 0.15) is 0 Å². The van der Waals surface area contributed by atoms with Crippen LogP contribution in [0.25, 0.3) is 68.3 Å². The van der Waals surface area contributed by atoms with Crippen LogP contribution in [0.1, 0.15) is 22.3 Å². The topological polar surface area (TPSA) is 83.8 Å². The van der Waals surface area contributed by atoms with Crippen molar-refractivity contribution in [3.63, 3.8) is 0 Å². The Balaban J connectivity index is 0.873. The summed E-state index contributed by atoms with van der Waals surface area (Å²) in [7, 11) is 0. The summed E-state index contributed by atoms with van der Waals surface area (Å²) in [6, 6.07) is 93.2. The molecule has 0 unspecified atom stereocenters. The van der Waals surface area contributed by atoms with Gasteiger partial charge in [-0.05, 0) is 95.1 Å². The molecule has 8 nitrogen and oxygen atoms in total. The number of fused-ring (bicyclic) bond motifs is 8. The Hall–Kier alpha value is -10.2. The summed E-state index contributed by atoms with van der Waals surface area (Å²) in [5.41, 5.74) is 16.1. The fourth-order valence-corrected chi connectivity index (χ4v) is 11.0. The van der Waals surface area contributed by atoms with Gasteiger partial charge in [0.15, 0.2) is 34.9 Å². The van der Waals surface area contributed by atoms with Gasteiger partial charge in [-0.3, -0.25) is 0 Å². The molecule has 0 amide bonds. The molecule has 2 aliphatic rings. The second-order valence-electron chi connectivity index (χ2n) is 18.7. The fraction of sp³-hybridized carbons (Fsp3) is 0.0149. The van der Waals surface area contributed by atoms with E-state index in [2.05, 4.69) is 155 Å². The van der Waals surface area contributed by atoms with Crippen molar-refractivity contribution in [2.45, 2.75) is 5.41 Å². The molecule has 0 fully saturated rings. The number of hydrogen-bond acceptors (Lipinski definition) is 8. The molecule has 0 aliphatic carbocycles. The zero-order chi connectivity index (χ0) is 49.7. The summed E-state index contributed by atoms with van der Waals surface area (Å²) < 4.78 is 0. The van der Waals surface area contributed by atoms with Gasteiger partial charge in [-0.25, -0.2) is 29.9 Å². The zero-order valence-electron chi connectivity index (χ0n) is 40.5. The smallest absolute Gasteiger partial charge is 0.164 e. The Morgan fingerprint density at radius 3 is 0.640 bits per heavy atom. The molecule has 0 atom stereocenters. The van der Waals surface area contributed by atoms with Crippen LogP contribution in [-0.4, -0.2) is 29.9 Å². The second-order valence-corrected chi connectivity index (χ2v) is 18.7. The van der Waals surface area contributed by atoms with E-state index in [1.807, 2.05) is 121 Å². The third-order valence-electron chi connectivity index (χ3n) is 14.4. The third kappa shape index (κ3) is 7.38. The lowest BCUT2D eigenvalue weighted by Crippen LogP contribution is -2.41. The molecule has 8 heteroatoms. The summed E-state index contributed by atoms with van der Waals surface area (Å²) in [6.07, 6.45) is 0. The number of para-hydroxylation sites is 4. The van der Waals surface area contributed by atoms with E-state index in [1.54, 1.807) is 0 Å². The quantitative estimate of drug-likeness (QED) is 0.149. The minimum atomic E-state index is -0.674. The number of benzene rings is 10. The fourth-order valence-electron chi connectivity index (χ4n) is 11.0. The summed E-state index contributed by atoms with van der Waals surface area (Å²) >= 11 is 0. The van der Waals surface area contributed by atoms with E-state index in [-0.39, 0.29) is 0 Å². The molecular formula is C67H44N8. The second kappa shape index (κ2) is 18.1. The number of rotatable bonds is 8. The van der Waals surface area contributed by atoms with Crippen molar-refractivity contribution in [3.05, 3.63) is 289 Å². The van der Waals surface area contributed by atoms with Crippen molar-refractivity contribution >= 4 is 34.1 Å². The van der Waals surface area contributed by atoms with Crippen LogP contribution in [0.3, 0.4) is 0 Å². The van der Waals surface area contributed by atoms with Crippen LogP contribution in [0.2, 0.25) is 0 Å². The Morgan fingerprint density at radius 1 is 0.200 bits per heavy atom. The highest BCUT2D eigenvalue weighted by molar-refractivity contribution is 5.96. The molecule has 12 aromatic rings. The molecule has 4 heterocycles. The maximum Gasteiger partial charge on any atom is 0.164 e. The average Bonchev–Trinajstić information content (AvgIpc) is 3.52. The first-order chi connectivity index (χ1) is 37.2. The van der Waals surface area contributed by atoms with Gasteiger partial charge in [0.05, 0.1) is 28.2 Å². The summed E-state index contributed by atoms with van der Waals surface area (Å²) in [5, 5.41) is 0. The van der Waals surface area contributed by atoms with Crippen molar-refractivity contribution in [1.82, 2.24) is 29.9 Å². The van der Waals surface area contributed by atoms with Gasteiger partial charge in [-0.1, -0.05) is 194 Å². The number of anilines is 6. The van der Waals surface area contributed by atoms with E-state index in [4.69, 9.17) is 29.9 Å². The maximum atomic E-state index is 5.04. The monoisotopic (exact) mass is 960 g/mol. The Kier molecular flexibility index (Phi) is 10.5. The lowest BCUT2D eigenvalue weighted by atomic mass is 9.60. The highest BCUT2D eigenvalue weighted by atomic mass is 15.2. The van der Waals surface area contributed by atoms with Crippen molar-refractivity contribution < 1.29 is 0 Å². The van der Waals surface area contributed by atoms with Gasteiger partial charge in [-0.15, -0.1) is 0 Å². The lowest BCUT2D eigenvalue weighted by Gasteiger charge is -2.51. The molecular weight excluding hydrogens is 917 g/mol. The van der Waals surface area contributed by atoms with Crippen LogP contribution in [0.4, 0.5) is 34.1 Å². The Labute approximate surface area is 434 Å². The van der Waals surface area contributed by atoms with Gasteiger partial charge >= 0.3 is 0 Å². The molecule has 0 saturated carbocycles. The minimum absolute atomic E-state index is 0.613. The van der Waals surface area contributed by atoms with Crippen LogP contribution in [-0.2, 0) is 5.41 Å². The van der Waals surface area contributed by atoms with E-state index in [1.165, 1.54) is 22.3 Å². The van der Waals surface area contributed by atoms with Gasteiger partial charge in [0.2, 0.25) is 0 Å². The van der Waals surface area contributed by atoms with Crippen molar-refractivity contribution in [2.75, 3.05) is 9.80 Å². The number of nitrogens with zero attached hydrogens (tertiary/aromatic N) is 8. The Bertz CT molecular complexity index is 3580. The molecule has 2 aliphatic heterocycles. The van der Waals surface area contributed by atoms with Crippen LogP contribution < -0.4 is 9.80 Å². The SMILES string of the molecule is c1ccc(-c2nc(-c3ccccc3)nc(-c3ccc(N4c5ccccc5C5(c6ccccc64)c4ccccc4N(c4ccc(-c6nc(-c7ccccc7)nc(-c7ccccc7)n6)cc4)c4ccccc45)cc3)n2)cc1. The standard InChI is InChI=1S/C67H44N8/c1-5-21-45(22-6-1)61-68-62(46-23-7-2-8-24-46)71-65(70-61)49-37-41-51(42-38-49)74-57-33-17-13-29-53(57)67(54-30-14-18-34-58(54)74)55-31-15-19-35-59(55)75(60-36-20-16-32-56(60)67)52-43-39-50(40-44-52)66-72-63(47-25-9-3-10-26-47)69-64(73-66)48-27-11-4-12-28-48/h1-44H. The van der Waals surface area contributed by atoms with Crippen LogP contribution in [0.5, 0.6) is 0 Å². The normalized spacial score (nSPS) is 12.9. The van der Waals surface area contributed by atoms with Crippen molar-refractivity contribution in [1.29, 1.82) is 0 Å². The molecule has 0 saturated heterocycles. The van der Waals surface area contributed by atoms with Crippen LogP contribution in [0, 0.1) is 0 Å². The molecule has 0 bridgehead atoms. The van der Waals surface area contributed by atoms with Crippen LogP contribution >= 0.6 is 0 Å². The third-order valence-corrected chi connectivity index (χ3v) is 14.4. The predicted molar refractivity (Wildman–Crippen MR) is 301 cm³/mol. The maximum absolute atomic E-state index is 5.04. The van der Waals surface area contributed by atoms with Crippen molar-refractivity contribution in [3.8, 4) is 68.3 Å². The summed E-state index contributed by atoms with van der Waals surface area (Å²) in [5.74, 6) is 3.75. The summed E-state index contributed by atoms with van der Waals surface area (Å²) in [4.78, 5) is 34.8. The molecule has 2 aromatic heterocycles. The van der Waals surface area contributed by atoms with Gasteiger partial charge in [0.25, 0.3) is 0 Å². The van der Waals surface area contributed by atoms with E-state index in [9.17, 15) is 0 Å².